The number of hydrogen-bond acceptors (Lipinski definition) is 3. The normalized spacial score (nSPS) is 12.5. The zero-order chi connectivity index (χ0) is 23.6. The summed E-state index contributed by atoms with van der Waals surface area (Å²) in [6.45, 7) is 0.00522. The van der Waals surface area contributed by atoms with Crippen molar-refractivity contribution in [1.29, 1.82) is 0 Å². The molecular formula is C30H18BN5Pd. The molecule has 4 aromatic carbocycles. The Kier molecular flexibility index (Phi) is 5.04. The van der Waals surface area contributed by atoms with Gasteiger partial charge in [-0.2, -0.15) is 22.3 Å². The van der Waals surface area contributed by atoms with Gasteiger partial charge in [-0.25, -0.2) is 0 Å². The Morgan fingerprint density at radius 1 is 0.541 bits per heavy atom. The molecule has 6 aromatic rings. The average Bonchev–Trinajstić information content (AvgIpc) is 3.67. The van der Waals surface area contributed by atoms with Gasteiger partial charge >= 0.3 is 27.3 Å². The van der Waals surface area contributed by atoms with Gasteiger partial charge in [0.15, 0.2) is 0 Å². The van der Waals surface area contributed by atoms with Crippen LogP contribution in [0.25, 0.3) is 33.6 Å². The van der Waals surface area contributed by atoms with Crippen LogP contribution >= 0.6 is 0 Å². The van der Waals surface area contributed by atoms with E-state index >= 15 is 0 Å². The van der Waals surface area contributed by atoms with E-state index in [0.717, 1.165) is 33.9 Å². The third-order valence-electron chi connectivity index (χ3n) is 7.15. The first kappa shape index (κ1) is 22.1. The van der Waals surface area contributed by atoms with Crippen LogP contribution in [0.5, 0.6) is 0 Å². The number of fused-ring (bicyclic) bond motifs is 11. The Balaban J connectivity index is 0.00000231. The number of rotatable bonds is 2. The smallest absolute Gasteiger partial charge is 0.418 e. The van der Waals surface area contributed by atoms with Gasteiger partial charge in [0.1, 0.15) is 0 Å². The van der Waals surface area contributed by atoms with Crippen molar-refractivity contribution >= 4 is 29.1 Å². The van der Waals surface area contributed by atoms with Crippen LogP contribution in [0.2, 0.25) is 0 Å². The van der Waals surface area contributed by atoms with Crippen LogP contribution in [0.1, 0.15) is 0 Å². The summed E-state index contributed by atoms with van der Waals surface area (Å²) in [6.07, 6.45) is 7.49. The molecule has 8 rings (SSSR count). The third kappa shape index (κ3) is 3.22. The molecule has 2 aliphatic rings. The van der Waals surface area contributed by atoms with Crippen LogP contribution in [0, 0.1) is 12.1 Å². The molecule has 7 heteroatoms. The molecule has 2 aliphatic heterocycles. The molecule has 0 atom stereocenters. The molecule has 0 saturated heterocycles. The molecule has 0 N–H and O–H groups in total. The summed E-state index contributed by atoms with van der Waals surface area (Å²) in [5.74, 6) is 0. The summed E-state index contributed by atoms with van der Waals surface area (Å²) < 4.78 is 3.72. The maximum atomic E-state index is 4.46. The monoisotopic (exact) mass is 565 g/mol. The van der Waals surface area contributed by atoms with Crippen LogP contribution in [-0.4, -0.2) is 26.4 Å². The van der Waals surface area contributed by atoms with Crippen molar-refractivity contribution in [2.45, 2.75) is 0 Å². The fourth-order valence-electron chi connectivity index (χ4n) is 5.62. The number of nitrogens with zero attached hydrogens (tertiary/aromatic N) is 5. The molecule has 37 heavy (non-hydrogen) atoms. The molecule has 0 fully saturated rings. The van der Waals surface area contributed by atoms with E-state index in [1.165, 1.54) is 22.1 Å². The zero-order valence-corrected chi connectivity index (χ0v) is 21.1. The van der Waals surface area contributed by atoms with Gasteiger partial charge in [0, 0.05) is 24.8 Å². The van der Waals surface area contributed by atoms with Gasteiger partial charge in [0.05, 0.1) is 0 Å². The van der Waals surface area contributed by atoms with Crippen LogP contribution in [0.3, 0.4) is 0 Å². The molecule has 2 aromatic heterocycles. The zero-order valence-electron chi connectivity index (χ0n) is 19.5. The van der Waals surface area contributed by atoms with E-state index in [9.17, 15) is 0 Å². The van der Waals surface area contributed by atoms with Crippen LogP contribution in [-0.2, 0) is 20.4 Å². The van der Waals surface area contributed by atoms with Gasteiger partial charge in [-0.15, -0.1) is 35.4 Å². The van der Waals surface area contributed by atoms with Crippen molar-refractivity contribution in [3.63, 3.8) is 0 Å². The molecule has 0 spiro atoms. The van der Waals surface area contributed by atoms with Crippen LogP contribution in [0.4, 0.5) is 11.4 Å². The number of anilines is 2. The van der Waals surface area contributed by atoms with Crippen molar-refractivity contribution in [3.8, 4) is 33.6 Å². The minimum absolute atomic E-state index is 0. The van der Waals surface area contributed by atoms with E-state index in [-0.39, 0.29) is 27.3 Å². The topological polar surface area (TPSA) is 38.9 Å². The number of aromatic nitrogens is 4. The third-order valence-corrected chi connectivity index (χ3v) is 7.15. The average molecular weight is 566 g/mol. The summed E-state index contributed by atoms with van der Waals surface area (Å²) in [5, 5.41) is 8.92. The Labute approximate surface area is 228 Å². The van der Waals surface area contributed by atoms with E-state index in [2.05, 4.69) is 99.9 Å². The standard InChI is InChI=1S/C30H18BN5.Pd/c1-3-9-27-23(7-1)25-13-11-21(34-17-5-15-32-34)19-29(25)36-30-20-22(35-18-6-16-33-35)12-14-26(30)24-8-2-4-10-28(24)31(27)36;/h1-18H;/q-2;+2. The maximum Gasteiger partial charge on any atom is 2.00 e. The van der Waals surface area contributed by atoms with Crippen molar-refractivity contribution in [2.24, 2.45) is 0 Å². The Bertz CT molecular complexity index is 1630. The molecule has 4 heterocycles. The van der Waals surface area contributed by atoms with E-state index in [1.807, 2.05) is 33.9 Å². The second-order valence-corrected chi connectivity index (χ2v) is 9.06. The van der Waals surface area contributed by atoms with Crippen molar-refractivity contribution in [2.75, 3.05) is 4.81 Å². The van der Waals surface area contributed by atoms with Gasteiger partial charge in [0.25, 0.3) is 0 Å². The van der Waals surface area contributed by atoms with E-state index < -0.39 is 0 Å². The van der Waals surface area contributed by atoms with Gasteiger partial charge in [-0.1, -0.05) is 82.0 Å². The molecule has 0 bridgehead atoms. The van der Waals surface area contributed by atoms with E-state index in [1.54, 1.807) is 12.4 Å². The second-order valence-electron chi connectivity index (χ2n) is 9.06. The van der Waals surface area contributed by atoms with Crippen molar-refractivity contribution in [3.05, 3.63) is 122 Å². The predicted octanol–water partition coefficient (Wildman–Crippen LogP) is 4.56. The van der Waals surface area contributed by atoms with E-state index in [4.69, 9.17) is 0 Å². The van der Waals surface area contributed by atoms with Gasteiger partial charge in [-0.05, 0) is 23.5 Å². The second kappa shape index (κ2) is 8.45. The number of hydrogen-bond donors (Lipinski definition) is 0. The van der Waals surface area contributed by atoms with Crippen LogP contribution in [0.15, 0.2) is 110 Å². The molecule has 0 radical (unpaired) electrons. The quantitative estimate of drug-likeness (QED) is 0.228. The molecule has 0 unspecified atom stereocenters. The SMILES string of the molecule is [Pd+2].[c-]1c(-n2cccn2)ccc2c1N1B(c3ccccc3-2)c2ccccc2-c2ccc(-n3cccn3)[c-]c21. The summed E-state index contributed by atoms with van der Waals surface area (Å²) in [4.78, 5) is 2.40. The molecule has 0 saturated carbocycles. The van der Waals surface area contributed by atoms with Gasteiger partial charge < -0.3 is 4.81 Å². The van der Waals surface area contributed by atoms with E-state index in [0.29, 0.717) is 0 Å². The summed E-state index contributed by atoms with van der Waals surface area (Å²) >= 11 is 0. The molecular weight excluding hydrogens is 548 g/mol. The summed E-state index contributed by atoms with van der Waals surface area (Å²) in [7, 11) is 0. The predicted molar refractivity (Wildman–Crippen MR) is 143 cm³/mol. The fourth-order valence-corrected chi connectivity index (χ4v) is 5.62. The van der Waals surface area contributed by atoms with Crippen molar-refractivity contribution in [1.82, 2.24) is 19.6 Å². The largest absolute Gasteiger partial charge is 2.00 e. The first-order valence-corrected chi connectivity index (χ1v) is 12.0. The Morgan fingerprint density at radius 3 is 1.49 bits per heavy atom. The maximum absolute atomic E-state index is 4.46. The van der Waals surface area contributed by atoms with Gasteiger partial charge in [-0.3, -0.25) is 9.36 Å². The first-order chi connectivity index (χ1) is 17.9. The molecule has 0 aliphatic carbocycles. The molecule has 176 valence electrons. The van der Waals surface area contributed by atoms with Crippen LogP contribution < -0.4 is 15.7 Å². The number of benzene rings is 4. The Morgan fingerprint density at radius 2 is 1.03 bits per heavy atom. The minimum atomic E-state index is 0. The first-order valence-electron chi connectivity index (χ1n) is 12.0. The van der Waals surface area contributed by atoms with Gasteiger partial charge in [0.2, 0.25) is 0 Å². The van der Waals surface area contributed by atoms with Crippen molar-refractivity contribution < 1.29 is 20.4 Å². The molecule has 0 amide bonds. The minimum Gasteiger partial charge on any atom is -0.418 e. The summed E-state index contributed by atoms with van der Waals surface area (Å²) in [5.41, 5.74) is 11.2. The fraction of sp³-hybridized carbons (Fsp3) is 0. The summed E-state index contributed by atoms with van der Waals surface area (Å²) in [6, 6.07) is 37.3. The molecule has 5 nitrogen and oxygen atoms in total. The Hall–Kier alpha value is -4.17.